The van der Waals surface area contributed by atoms with E-state index >= 15 is 0 Å². The summed E-state index contributed by atoms with van der Waals surface area (Å²) in [6.45, 7) is 1.86. The van der Waals surface area contributed by atoms with Crippen LogP contribution in [0.15, 0.2) is 71.5 Å². The Labute approximate surface area is 186 Å². The fraction of sp³-hybridized carbons (Fsp3) is 0.0455. The molecule has 0 radical (unpaired) electrons. The van der Waals surface area contributed by atoms with Crippen LogP contribution in [0.25, 0.3) is 11.5 Å². The number of anilines is 1. The Balaban J connectivity index is 1.50. The first-order valence-electron chi connectivity index (χ1n) is 9.31. The van der Waals surface area contributed by atoms with Crippen LogP contribution >= 0.6 is 11.6 Å². The molecule has 0 saturated carbocycles. The number of carbonyl (C=O) groups is 1. The van der Waals surface area contributed by atoms with Gasteiger partial charge in [-0.25, -0.2) is 0 Å². The van der Waals surface area contributed by atoms with Crippen molar-refractivity contribution in [2.24, 2.45) is 0 Å². The highest BCUT2D eigenvalue weighted by molar-refractivity contribution is 6.30. The Kier molecular flexibility index (Phi) is 5.82. The third-order valence-corrected chi connectivity index (χ3v) is 4.79. The fourth-order valence-electron chi connectivity index (χ4n) is 2.90. The first-order valence-corrected chi connectivity index (χ1v) is 9.69. The number of nitrogens with one attached hydrogen (secondary N) is 1. The standard InChI is InChI=1S/C22H15ClN4O5/c1-13-2-3-15(22-26-24-12-31-22)10-18(13)25-21(28)14-4-7-17(8-5-14)32-20-9-6-16(23)11-19(20)27(29)30/h2-12H,1H3,(H,25,28). The number of halogens is 1. The van der Waals surface area contributed by atoms with Gasteiger partial charge in [-0.3, -0.25) is 14.9 Å². The number of aryl methyl sites for hydroxylation is 1. The molecule has 1 aromatic heterocycles. The molecule has 0 saturated heterocycles. The zero-order chi connectivity index (χ0) is 22.7. The van der Waals surface area contributed by atoms with Crippen molar-refractivity contribution in [2.45, 2.75) is 6.92 Å². The van der Waals surface area contributed by atoms with Crippen LogP contribution in [0.5, 0.6) is 11.5 Å². The van der Waals surface area contributed by atoms with Crippen molar-refractivity contribution in [3.8, 4) is 23.0 Å². The van der Waals surface area contributed by atoms with Crippen molar-refractivity contribution >= 4 is 28.9 Å². The summed E-state index contributed by atoms with van der Waals surface area (Å²) < 4.78 is 10.8. The first kappa shape index (κ1) is 21.0. The summed E-state index contributed by atoms with van der Waals surface area (Å²) >= 11 is 5.82. The van der Waals surface area contributed by atoms with Gasteiger partial charge in [0.05, 0.1) is 4.92 Å². The van der Waals surface area contributed by atoms with Gasteiger partial charge in [0.1, 0.15) is 5.75 Å². The van der Waals surface area contributed by atoms with Crippen LogP contribution in [-0.4, -0.2) is 21.0 Å². The predicted octanol–water partition coefficient (Wildman–Crippen LogP) is 5.65. The number of hydrogen-bond donors (Lipinski definition) is 1. The highest BCUT2D eigenvalue weighted by Gasteiger charge is 2.17. The third kappa shape index (κ3) is 4.57. The van der Waals surface area contributed by atoms with Gasteiger partial charge < -0.3 is 14.5 Å². The number of nitro groups is 1. The number of nitrogens with zero attached hydrogens (tertiary/aromatic N) is 3. The second-order valence-corrected chi connectivity index (χ2v) is 7.16. The van der Waals surface area contributed by atoms with Crippen molar-refractivity contribution in [3.05, 3.63) is 93.3 Å². The molecule has 1 heterocycles. The second kappa shape index (κ2) is 8.86. The molecule has 0 bridgehead atoms. The summed E-state index contributed by atoms with van der Waals surface area (Å²) in [5, 5.41) is 21.8. The molecule has 0 aliphatic carbocycles. The number of carbonyl (C=O) groups excluding carboxylic acids is 1. The van der Waals surface area contributed by atoms with E-state index in [4.69, 9.17) is 20.8 Å². The molecule has 0 aliphatic rings. The molecule has 32 heavy (non-hydrogen) atoms. The lowest BCUT2D eigenvalue weighted by Gasteiger charge is -2.10. The van der Waals surface area contributed by atoms with E-state index in [1.54, 1.807) is 30.3 Å². The molecule has 4 aromatic rings. The van der Waals surface area contributed by atoms with Gasteiger partial charge in [-0.2, -0.15) is 0 Å². The molecule has 0 atom stereocenters. The zero-order valence-corrected chi connectivity index (χ0v) is 17.4. The Morgan fingerprint density at radius 3 is 2.59 bits per heavy atom. The van der Waals surface area contributed by atoms with E-state index in [2.05, 4.69) is 15.5 Å². The molecule has 1 amide bonds. The fourth-order valence-corrected chi connectivity index (χ4v) is 3.07. The van der Waals surface area contributed by atoms with Gasteiger partial charge in [0, 0.05) is 27.9 Å². The number of amides is 1. The Bertz CT molecular complexity index is 1290. The van der Waals surface area contributed by atoms with Crippen molar-refractivity contribution in [1.29, 1.82) is 0 Å². The first-order chi connectivity index (χ1) is 15.4. The summed E-state index contributed by atoms with van der Waals surface area (Å²) in [5.74, 6) is 0.393. The summed E-state index contributed by atoms with van der Waals surface area (Å²) in [4.78, 5) is 23.3. The lowest BCUT2D eigenvalue weighted by Crippen LogP contribution is -2.12. The Morgan fingerprint density at radius 1 is 1.12 bits per heavy atom. The minimum absolute atomic E-state index is 0.0464. The van der Waals surface area contributed by atoms with Crippen LogP contribution in [-0.2, 0) is 0 Å². The van der Waals surface area contributed by atoms with Gasteiger partial charge >= 0.3 is 5.69 Å². The van der Waals surface area contributed by atoms with Crippen molar-refractivity contribution in [2.75, 3.05) is 5.32 Å². The molecular formula is C22H15ClN4O5. The number of nitro benzene ring substituents is 1. The minimum Gasteiger partial charge on any atom is -0.450 e. The van der Waals surface area contributed by atoms with Crippen LogP contribution in [0.2, 0.25) is 5.02 Å². The number of ether oxygens (including phenoxy) is 1. The highest BCUT2D eigenvalue weighted by Crippen LogP contribution is 2.33. The molecule has 9 nitrogen and oxygen atoms in total. The average Bonchev–Trinajstić information content (AvgIpc) is 3.32. The molecule has 0 aliphatic heterocycles. The minimum atomic E-state index is -0.576. The van der Waals surface area contributed by atoms with Gasteiger partial charge in [0.25, 0.3) is 5.91 Å². The van der Waals surface area contributed by atoms with Crippen molar-refractivity contribution in [1.82, 2.24) is 10.2 Å². The zero-order valence-electron chi connectivity index (χ0n) is 16.6. The van der Waals surface area contributed by atoms with Crippen LogP contribution in [0.3, 0.4) is 0 Å². The van der Waals surface area contributed by atoms with E-state index in [0.717, 1.165) is 5.56 Å². The molecule has 10 heteroatoms. The van der Waals surface area contributed by atoms with Crippen molar-refractivity contribution in [3.63, 3.8) is 0 Å². The largest absolute Gasteiger partial charge is 0.450 e. The lowest BCUT2D eigenvalue weighted by molar-refractivity contribution is -0.385. The van der Waals surface area contributed by atoms with Gasteiger partial charge in [-0.15, -0.1) is 10.2 Å². The van der Waals surface area contributed by atoms with E-state index in [0.29, 0.717) is 28.5 Å². The molecule has 4 rings (SSSR count). The summed E-state index contributed by atoms with van der Waals surface area (Å²) in [6.07, 6.45) is 1.23. The van der Waals surface area contributed by atoms with E-state index in [1.165, 1.54) is 24.6 Å². The van der Waals surface area contributed by atoms with Crippen LogP contribution in [0.4, 0.5) is 11.4 Å². The van der Waals surface area contributed by atoms with Crippen molar-refractivity contribution < 1.29 is 18.9 Å². The summed E-state index contributed by atoms with van der Waals surface area (Å²) in [7, 11) is 0. The second-order valence-electron chi connectivity index (χ2n) is 6.72. The molecular weight excluding hydrogens is 436 g/mol. The highest BCUT2D eigenvalue weighted by atomic mass is 35.5. The Morgan fingerprint density at radius 2 is 1.91 bits per heavy atom. The SMILES string of the molecule is Cc1ccc(-c2nnco2)cc1NC(=O)c1ccc(Oc2ccc(Cl)cc2[N+](=O)[O-])cc1. The van der Waals surface area contributed by atoms with Crippen LogP contribution in [0.1, 0.15) is 15.9 Å². The van der Waals surface area contributed by atoms with E-state index in [9.17, 15) is 14.9 Å². The number of aromatic nitrogens is 2. The van der Waals surface area contributed by atoms with E-state index in [1.807, 2.05) is 19.1 Å². The molecule has 0 spiro atoms. The summed E-state index contributed by atoms with van der Waals surface area (Å²) in [6, 6.07) is 15.8. The van der Waals surface area contributed by atoms with E-state index < -0.39 is 4.92 Å². The van der Waals surface area contributed by atoms with Crippen LogP contribution in [0, 0.1) is 17.0 Å². The number of hydrogen-bond acceptors (Lipinski definition) is 7. The lowest BCUT2D eigenvalue weighted by atomic mass is 10.1. The number of rotatable bonds is 6. The quantitative estimate of drug-likeness (QED) is 0.297. The monoisotopic (exact) mass is 450 g/mol. The normalized spacial score (nSPS) is 10.6. The maximum Gasteiger partial charge on any atom is 0.313 e. The Hall–Kier alpha value is -4.24. The topological polar surface area (TPSA) is 120 Å². The van der Waals surface area contributed by atoms with Gasteiger partial charge in [0.2, 0.25) is 18.0 Å². The van der Waals surface area contributed by atoms with Crippen LogP contribution < -0.4 is 10.1 Å². The van der Waals surface area contributed by atoms with Gasteiger partial charge in [0.15, 0.2) is 0 Å². The predicted molar refractivity (Wildman–Crippen MR) is 117 cm³/mol. The number of benzene rings is 3. The summed E-state index contributed by atoms with van der Waals surface area (Å²) in [5.41, 5.74) is 2.26. The molecule has 3 aromatic carbocycles. The molecule has 160 valence electrons. The molecule has 1 N–H and O–H groups in total. The smallest absolute Gasteiger partial charge is 0.313 e. The third-order valence-electron chi connectivity index (χ3n) is 4.55. The average molecular weight is 451 g/mol. The van der Waals surface area contributed by atoms with Gasteiger partial charge in [-0.1, -0.05) is 17.7 Å². The van der Waals surface area contributed by atoms with Gasteiger partial charge in [-0.05, 0) is 61.0 Å². The van der Waals surface area contributed by atoms with E-state index in [-0.39, 0.29) is 22.4 Å². The maximum atomic E-state index is 12.7. The molecule has 0 unspecified atom stereocenters. The maximum absolute atomic E-state index is 12.7. The molecule has 0 fully saturated rings.